The highest BCUT2D eigenvalue weighted by molar-refractivity contribution is 6.32. The van der Waals surface area contributed by atoms with Crippen LogP contribution in [0.25, 0.3) is 17.1 Å². The van der Waals surface area contributed by atoms with Gasteiger partial charge in [0.15, 0.2) is 5.82 Å². The summed E-state index contributed by atoms with van der Waals surface area (Å²) in [5.74, 6) is 0.609. The SMILES string of the molecule is Cc1cc(N)cc(-c2nnnn2-c2cc(C)ccc2Cl)c1. The van der Waals surface area contributed by atoms with E-state index in [2.05, 4.69) is 15.5 Å². The number of tetrazole rings is 1. The minimum Gasteiger partial charge on any atom is -0.399 e. The van der Waals surface area contributed by atoms with Crippen LogP contribution in [0.5, 0.6) is 0 Å². The predicted octanol–water partition coefficient (Wildman–Crippen LogP) is 3.18. The third kappa shape index (κ3) is 2.60. The normalized spacial score (nSPS) is 10.8. The first kappa shape index (κ1) is 13.6. The van der Waals surface area contributed by atoms with Gasteiger partial charge in [0.05, 0.1) is 10.7 Å². The molecule has 106 valence electrons. The largest absolute Gasteiger partial charge is 0.399 e. The summed E-state index contributed by atoms with van der Waals surface area (Å²) in [5.41, 5.74) is 10.3. The van der Waals surface area contributed by atoms with E-state index >= 15 is 0 Å². The maximum Gasteiger partial charge on any atom is 0.187 e. The molecule has 2 N–H and O–H groups in total. The number of hydrogen-bond acceptors (Lipinski definition) is 4. The quantitative estimate of drug-likeness (QED) is 0.738. The van der Waals surface area contributed by atoms with Crippen molar-refractivity contribution in [2.75, 3.05) is 5.73 Å². The Morgan fingerprint density at radius 3 is 2.62 bits per heavy atom. The van der Waals surface area contributed by atoms with Crippen LogP contribution in [0.2, 0.25) is 5.02 Å². The van der Waals surface area contributed by atoms with Gasteiger partial charge in [0.1, 0.15) is 0 Å². The van der Waals surface area contributed by atoms with Crippen LogP contribution >= 0.6 is 11.6 Å². The first-order valence-corrected chi connectivity index (χ1v) is 6.85. The minimum absolute atomic E-state index is 0.592. The molecule has 3 aromatic rings. The fraction of sp³-hybridized carbons (Fsp3) is 0.133. The Balaban J connectivity index is 2.19. The standard InChI is InChI=1S/C15H14ClN5/c1-9-3-4-13(16)14(7-9)21-15(18-19-20-21)11-5-10(2)6-12(17)8-11/h3-8H,17H2,1-2H3. The van der Waals surface area contributed by atoms with Gasteiger partial charge in [0.25, 0.3) is 0 Å². The highest BCUT2D eigenvalue weighted by atomic mass is 35.5. The number of benzene rings is 2. The van der Waals surface area contributed by atoms with Gasteiger partial charge in [-0.05, 0) is 65.7 Å². The van der Waals surface area contributed by atoms with Crippen LogP contribution < -0.4 is 5.73 Å². The Morgan fingerprint density at radius 2 is 1.86 bits per heavy atom. The van der Waals surface area contributed by atoms with E-state index in [-0.39, 0.29) is 0 Å². The number of nitrogens with two attached hydrogens (primary N) is 1. The lowest BCUT2D eigenvalue weighted by molar-refractivity contribution is 0.791. The van der Waals surface area contributed by atoms with Gasteiger partial charge in [-0.2, -0.15) is 4.68 Å². The molecule has 0 bridgehead atoms. The molecule has 0 saturated heterocycles. The zero-order valence-corrected chi connectivity index (χ0v) is 12.5. The fourth-order valence-corrected chi connectivity index (χ4v) is 2.45. The maximum absolute atomic E-state index is 6.27. The average Bonchev–Trinajstić information content (AvgIpc) is 2.89. The molecular formula is C15H14ClN5. The molecule has 0 amide bonds. The van der Waals surface area contributed by atoms with E-state index in [0.29, 0.717) is 16.5 Å². The summed E-state index contributed by atoms with van der Waals surface area (Å²) in [6.07, 6.45) is 0. The maximum atomic E-state index is 6.27. The molecule has 6 heteroatoms. The number of nitrogen functional groups attached to an aromatic ring is 1. The van der Waals surface area contributed by atoms with Gasteiger partial charge in [0, 0.05) is 11.3 Å². The molecule has 2 aromatic carbocycles. The van der Waals surface area contributed by atoms with E-state index in [4.69, 9.17) is 17.3 Å². The summed E-state index contributed by atoms with van der Waals surface area (Å²) >= 11 is 6.27. The van der Waals surface area contributed by atoms with Gasteiger partial charge in [-0.3, -0.25) is 0 Å². The number of nitrogens with zero attached hydrogens (tertiary/aromatic N) is 4. The zero-order valence-electron chi connectivity index (χ0n) is 11.7. The highest BCUT2D eigenvalue weighted by Gasteiger charge is 2.14. The van der Waals surface area contributed by atoms with Gasteiger partial charge in [-0.15, -0.1) is 5.10 Å². The van der Waals surface area contributed by atoms with E-state index in [9.17, 15) is 0 Å². The summed E-state index contributed by atoms with van der Waals surface area (Å²) in [7, 11) is 0. The molecule has 0 atom stereocenters. The predicted molar refractivity (Wildman–Crippen MR) is 83.5 cm³/mol. The third-order valence-electron chi connectivity index (χ3n) is 3.16. The number of rotatable bonds is 2. The Bertz CT molecular complexity index is 789. The summed E-state index contributed by atoms with van der Waals surface area (Å²) < 4.78 is 1.63. The minimum atomic E-state index is 0.592. The molecule has 1 aromatic heterocycles. The Labute approximate surface area is 127 Å². The topological polar surface area (TPSA) is 69.6 Å². The number of halogens is 1. The van der Waals surface area contributed by atoms with Gasteiger partial charge in [-0.25, -0.2) is 0 Å². The summed E-state index contributed by atoms with van der Waals surface area (Å²) in [6, 6.07) is 11.5. The van der Waals surface area contributed by atoms with Crippen molar-refractivity contribution in [2.45, 2.75) is 13.8 Å². The van der Waals surface area contributed by atoms with Crippen LogP contribution in [0.4, 0.5) is 5.69 Å². The molecule has 1 heterocycles. The number of hydrogen-bond donors (Lipinski definition) is 1. The van der Waals surface area contributed by atoms with E-state index < -0.39 is 0 Å². The van der Waals surface area contributed by atoms with E-state index in [1.807, 2.05) is 50.2 Å². The van der Waals surface area contributed by atoms with Crippen LogP contribution in [-0.2, 0) is 0 Å². The Morgan fingerprint density at radius 1 is 1.05 bits per heavy atom. The third-order valence-corrected chi connectivity index (χ3v) is 3.48. The van der Waals surface area contributed by atoms with Crippen molar-refractivity contribution >= 4 is 17.3 Å². The molecule has 0 fully saturated rings. The summed E-state index contributed by atoms with van der Waals surface area (Å²) in [6.45, 7) is 3.97. The molecule has 21 heavy (non-hydrogen) atoms. The summed E-state index contributed by atoms with van der Waals surface area (Å²) in [4.78, 5) is 0. The highest BCUT2D eigenvalue weighted by Crippen LogP contribution is 2.27. The van der Waals surface area contributed by atoms with Crippen LogP contribution in [0.1, 0.15) is 11.1 Å². The molecule has 0 unspecified atom stereocenters. The van der Waals surface area contributed by atoms with E-state index in [1.54, 1.807) is 4.68 Å². The van der Waals surface area contributed by atoms with Crippen molar-refractivity contribution in [1.82, 2.24) is 20.2 Å². The van der Waals surface area contributed by atoms with Crippen molar-refractivity contribution in [3.05, 3.63) is 52.5 Å². The molecule has 0 spiro atoms. The lowest BCUT2D eigenvalue weighted by Gasteiger charge is -2.09. The molecule has 0 saturated carbocycles. The Hall–Kier alpha value is -2.40. The first-order valence-electron chi connectivity index (χ1n) is 6.47. The molecular weight excluding hydrogens is 286 g/mol. The molecule has 0 aliphatic carbocycles. The van der Waals surface area contributed by atoms with E-state index in [0.717, 1.165) is 22.4 Å². The number of aromatic nitrogens is 4. The smallest absolute Gasteiger partial charge is 0.187 e. The molecule has 3 rings (SSSR count). The molecule has 0 aliphatic rings. The fourth-order valence-electron chi connectivity index (χ4n) is 2.26. The van der Waals surface area contributed by atoms with Gasteiger partial charge >= 0.3 is 0 Å². The molecule has 5 nitrogen and oxygen atoms in total. The van der Waals surface area contributed by atoms with Crippen molar-refractivity contribution in [2.24, 2.45) is 0 Å². The molecule has 0 aliphatic heterocycles. The number of aryl methyl sites for hydroxylation is 2. The van der Waals surface area contributed by atoms with Crippen molar-refractivity contribution < 1.29 is 0 Å². The van der Waals surface area contributed by atoms with Crippen LogP contribution in [0.15, 0.2) is 36.4 Å². The first-order chi connectivity index (χ1) is 10.0. The van der Waals surface area contributed by atoms with Crippen molar-refractivity contribution in [3.8, 4) is 17.1 Å². The van der Waals surface area contributed by atoms with Gasteiger partial charge < -0.3 is 5.73 Å². The monoisotopic (exact) mass is 299 g/mol. The zero-order chi connectivity index (χ0) is 15.0. The van der Waals surface area contributed by atoms with Gasteiger partial charge in [-0.1, -0.05) is 17.7 Å². The second-order valence-corrected chi connectivity index (χ2v) is 5.41. The number of anilines is 1. The van der Waals surface area contributed by atoms with Crippen molar-refractivity contribution in [1.29, 1.82) is 0 Å². The van der Waals surface area contributed by atoms with Crippen LogP contribution in [0.3, 0.4) is 0 Å². The molecule has 0 radical (unpaired) electrons. The second kappa shape index (κ2) is 5.18. The van der Waals surface area contributed by atoms with E-state index in [1.165, 1.54) is 0 Å². The lowest BCUT2D eigenvalue weighted by atomic mass is 10.1. The van der Waals surface area contributed by atoms with Gasteiger partial charge in [0.2, 0.25) is 0 Å². The van der Waals surface area contributed by atoms with Crippen LogP contribution in [0, 0.1) is 13.8 Å². The summed E-state index contributed by atoms with van der Waals surface area (Å²) in [5, 5.41) is 12.5. The second-order valence-electron chi connectivity index (χ2n) is 5.00. The lowest BCUT2D eigenvalue weighted by Crippen LogP contribution is -2.02. The van der Waals surface area contributed by atoms with Crippen molar-refractivity contribution in [3.63, 3.8) is 0 Å². The Kier molecular flexibility index (Phi) is 3.35. The average molecular weight is 300 g/mol. The van der Waals surface area contributed by atoms with Crippen LogP contribution in [-0.4, -0.2) is 20.2 Å².